The molecule has 174 valence electrons. The zero-order valence-corrected chi connectivity index (χ0v) is 17.5. The van der Waals surface area contributed by atoms with Crippen LogP contribution < -0.4 is 27.8 Å². The molecule has 0 saturated carbocycles. The predicted octanol–water partition coefficient (Wildman–Crippen LogP) is -3.23. The first kappa shape index (κ1) is 25.8. The first-order chi connectivity index (χ1) is 14.3. The van der Waals surface area contributed by atoms with Gasteiger partial charge in [0, 0.05) is 6.54 Å². The third-order valence-corrected chi connectivity index (χ3v) is 4.85. The second-order valence-corrected chi connectivity index (χ2v) is 7.77. The van der Waals surface area contributed by atoms with Gasteiger partial charge in [0.1, 0.15) is 18.1 Å². The van der Waals surface area contributed by atoms with Crippen molar-refractivity contribution in [1.82, 2.24) is 15.5 Å². The van der Waals surface area contributed by atoms with Crippen LogP contribution in [0.25, 0.3) is 0 Å². The summed E-state index contributed by atoms with van der Waals surface area (Å²) >= 11 is 0. The molecule has 1 aliphatic rings. The number of likely N-dealkylation sites (tertiary alicyclic amines) is 1. The lowest BCUT2D eigenvalue weighted by Crippen LogP contribution is -2.58. The molecule has 1 aliphatic heterocycles. The van der Waals surface area contributed by atoms with Crippen LogP contribution in [0, 0.1) is 5.92 Å². The lowest BCUT2D eigenvalue weighted by molar-refractivity contribution is -0.146. The molecule has 1 rings (SSSR count). The summed E-state index contributed by atoms with van der Waals surface area (Å²) in [7, 11) is 0. The molecular formula is C18H30N6O7. The summed E-state index contributed by atoms with van der Waals surface area (Å²) in [6.07, 6.45) is -0.224. The van der Waals surface area contributed by atoms with Gasteiger partial charge in [-0.25, -0.2) is 4.79 Å². The first-order valence-electron chi connectivity index (χ1n) is 9.81. The van der Waals surface area contributed by atoms with Gasteiger partial charge in [0.05, 0.1) is 18.9 Å². The van der Waals surface area contributed by atoms with Gasteiger partial charge >= 0.3 is 5.97 Å². The normalized spacial score (nSPS) is 18.7. The number of primary amides is 2. The Hall–Kier alpha value is -3.22. The highest BCUT2D eigenvalue weighted by atomic mass is 16.4. The summed E-state index contributed by atoms with van der Waals surface area (Å²) < 4.78 is 0. The summed E-state index contributed by atoms with van der Waals surface area (Å²) in [5.74, 6) is -5.49. The van der Waals surface area contributed by atoms with Crippen LogP contribution in [0.3, 0.4) is 0 Å². The van der Waals surface area contributed by atoms with Gasteiger partial charge in [-0.2, -0.15) is 0 Å². The molecule has 0 aromatic rings. The van der Waals surface area contributed by atoms with Crippen LogP contribution in [0.4, 0.5) is 0 Å². The Morgan fingerprint density at radius 2 is 1.61 bits per heavy atom. The molecule has 13 heteroatoms. The molecule has 9 N–H and O–H groups in total. The van der Waals surface area contributed by atoms with Gasteiger partial charge < -0.3 is 37.8 Å². The summed E-state index contributed by atoms with van der Waals surface area (Å²) in [6.45, 7) is 3.58. The Labute approximate surface area is 179 Å². The van der Waals surface area contributed by atoms with Crippen molar-refractivity contribution >= 4 is 35.5 Å². The summed E-state index contributed by atoms with van der Waals surface area (Å²) in [5.41, 5.74) is 15.7. The Morgan fingerprint density at radius 1 is 1.03 bits per heavy atom. The van der Waals surface area contributed by atoms with Gasteiger partial charge in [-0.05, 0) is 18.8 Å². The van der Waals surface area contributed by atoms with Crippen LogP contribution in [0.1, 0.15) is 39.5 Å². The minimum Gasteiger partial charge on any atom is -0.480 e. The number of aliphatic carboxylic acids is 1. The van der Waals surface area contributed by atoms with Crippen molar-refractivity contribution < 1.29 is 33.9 Å². The fourth-order valence-corrected chi connectivity index (χ4v) is 3.23. The smallest absolute Gasteiger partial charge is 0.326 e. The lowest BCUT2D eigenvalue weighted by atomic mass is 10.0. The van der Waals surface area contributed by atoms with E-state index in [1.54, 1.807) is 13.8 Å². The Kier molecular flexibility index (Phi) is 9.37. The van der Waals surface area contributed by atoms with Crippen LogP contribution in [-0.2, 0) is 28.8 Å². The minimum atomic E-state index is -1.52. The van der Waals surface area contributed by atoms with E-state index in [-0.39, 0.29) is 18.9 Å². The third-order valence-electron chi connectivity index (χ3n) is 4.85. The molecule has 1 fully saturated rings. The van der Waals surface area contributed by atoms with Crippen LogP contribution in [0.15, 0.2) is 0 Å². The number of rotatable bonds is 11. The van der Waals surface area contributed by atoms with Crippen molar-refractivity contribution in [3.05, 3.63) is 0 Å². The Balaban J connectivity index is 2.93. The lowest BCUT2D eigenvalue weighted by Gasteiger charge is -2.31. The molecule has 5 amide bonds. The summed E-state index contributed by atoms with van der Waals surface area (Å²) in [6, 6.07) is -4.75. The first-order valence-corrected chi connectivity index (χ1v) is 9.81. The van der Waals surface area contributed by atoms with Gasteiger partial charge in [0.25, 0.3) is 0 Å². The largest absolute Gasteiger partial charge is 0.480 e. The Bertz CT molecular complexity index is 741. The standard InChI is InChI=1S/C18H30N6O7/c1-8(2)14(23-15(27)9(19)6-12(20)25)17(29)24-5-3-4-11(24)16(28)22-10(18(30)31)7-13(21)26/h8-11,14H,3-7,19H2,1-2H3,(H2,20,25)(H2,21,26)(H,22,28)(H,23,27)(H,30,31). The molecule has 0 radical (unpaired) electrons. The van der Waals surface area contributed by atoms with Crippen LogP contribution in [0.5, 0.6) is 0 Å². The maximum Gasteiger partial charge on any atom is 0.326 e. The molecule has 0 bridgehead atoms. The third kappa shape index (κ3) is 7.51. The molecule has 1 saturated heterocycles. The zero-order chi connectivity index (χ0) is 23.9. The molecule has 0 aliphatic carbocycles. The van der Waals surface area contributed by atoms with Gasteiger partial charge in [-0.1, -0.05) is 13.8 Å². The van der Waals surface area contributed by atoms with Crippen LogP contribution in [-0.4, -0.2) is 76.2 Å². The van der Waals surface area contributed by atoms with E-state index in [2.05, 4.69) is 10.6 Å². The number of amides is 5. The number of carboxylic acid groups (broad SMARTS) is 1. The number of carbonyl (C=O) groups excluding carboxylic acids is 5. The highest BCUT2D eigenvalue weighted by Crippen LogP contribution is 2.21. The molecule has 4 atom stereocenters. The number of nitrogens with zero attached hydrogens (tertiary/aromatic N) is 1. The maximum atomic E-state index is 13.1. The van der Waals surface area contributed by atoms with Crippen molar-refractivity contribution in [1.29, 1.82) is 0 Å². The average molecular weight is 442 g/mol. The molecule has 4 unspecified atom stereocenters. The van der Waals surface area contributed by atoms with Gasteiger partial charge in [-0.15, -0.1) is 0 Å². The molecule has 0 aromatic carbocycles. The number of nitrogens with one attached hydrogen (secondary N) is 2. The molecule has 1 heterocycles. The highest BCUT2D eigenvalue weighted by Gasteiger charge is 2.40. The fourth-order valence-electron chi connectivity index (χ4n) is 3.23. The van der Waals surface area contributed by atoms with Crippen LogP contribution >= 0.6 is 0 Å². The summed E-state index contributed by atoms with van der Waals surface area (Å²) in [5, 5.41) is 13.9. The van der Waals surface area contributed by atoms with E-state index < -0.39 is 72.5 Å². The molecule has 0 spiro atoms. The number of hydrogen-bond acceptors (Lipinski definition) is 7. The van der Waals surface area contributed by atoms with Crippen molar-refractivity contribution in [2.24, 2.45) is 23.1 Å². The topological polar surface area (TPSA) is 228 Å². The highest BCUT2D eigenvalue weighted by molar-refractivity contribution is 5.96. The number of carbonyl (C=O) groups is 6. The molecule has 13 nitrogen and oxygen atoms in total. The van der Waals surface area contributed by atoms with Gasteiger partial charge in [0.2, 0.25) is 29.5 Å². The van der Waals surface area contributed by atoms with E-state index >= 15 is 0 Å². The van der Waals surface area contributed by atoms with Crippen LogP contribution in [0.2, 0.25) is 0 Å². The van der Waals surface area contributed by atoms with E-state index in [0.717, 1.165) is 0 Å². The second-order valence-electron chi connectivity index (χ2n) is 7.77. The van der Waals surface area contributed by atoms with Crippen molar-refractivity contribution in [2.75, 3.05) is 6.54 Å². The van der Waals surface area contributed by atoms with Crippen molar-refractivity contribution in [3.63, 3.8) is 0 Å². The minimum absolute atomic E-state index is 0.219. The zero-order valence-electron chi connectivity index (χ0n) is 17.5. The van der Waals surface area contributed by atoms with E-state index in [0.29, 0.717) is 6.42 Å². The number of carboxylic acids is 1. The molecular weight excluding hydrogens is 412 g/mol. The molecule has 0 aromatic heterocycles. The quantitative estimate of drug-likeness (QED) is 0.190. The van der Waals surface area contributed by atoms with E-state index in [1.165, 1.54) is 4.90 Å². The van der Waals surface area contributed by atoms with Crippen molar-refractivity contribution in [2.45, 2.75) is 63.7 Å². The predicted molar refractivity (Wildman–Crippen MR) is 107 cm³/mol. The van der Waals surface area contributed by atoms with E-state index in [4.69, 9.17) is 22.3 Å². The Morgan fingerprint density at radius 3 is 2.10 bits per heavy atom. The number of hydrogen-bond donors (Lipinski definition) is 6. The monoisotopic (exact) mass is 442 g/mol. The SMILES string of the molecule is CC(C)C(NC(=O)C(N)CC(N)=O)C(=O)N1CCCC1C(=O)NC(CC(N)=O)C(=O)O. The average Bonchev–Trinajstić information content (AvgIpc) is 3.13. The van der Waals surface area contributed by atoms with Gasteiger partial charge in [0.15, 0.2) is 0 Å². The van der Waals surface area contributed by atoms with Crippen molar-refractivity contribution in [3.8, 4) is 0 Å². The summed E-state index contributed by atoms with van der Waals surface area (Å²) in [4.78, 5) is 72.5. The second kappa shape index (κ2) is 11.2. The molecule has 31 heavy (non-hydrogen) atoms. The van der Waals surface area contributed by atoms with Gasteiger partial charge in [-0.3, -0.25) is 24.0 Å². The van der Waals surface area contributed by atoms with E-state index in [9.17, 15) is 28.8 Å². The maximum absolute atomic E-state index is 13.1. The number of nitrogens with two attached hydrogens (primary N) is 3. The van der Waals surface area contributed by atoms with E-state index in [1.807, 2.05) is 0 Å². The fraction of sp³-hybridized carbons (Fsp3) is 0.667.